The Balaban J connectivity index is 2.03. The lowest BCUT2D eigenvalue weighted by atomic mass is 10.0. The van der Waals surface area contributed by atoms with E-state index in [9.17, 15) is 0 Å². The molecule has 0 aliphatic carbocycles. The zero-order valence-corrected chi connectivity index (χ0v) is 11.3. The van der Waals surface area contributed by atoms with Crippen LogP contribution in [0.15, 0.2) is 36.4 Å². The summed E-state index contributed by atoms with van der Waals surface area (Å²) < 4.78 is 5.93. The maximum Gasteiger partial charge on any atom is 0.143 e. The number of rotatable bonds is 3. The fourth-order valence-electron chi connectivity index (χ4n) is 2.83. The first-order chi connectivity index (χ1) is 9.31. The van der Waals surface area contributed by atoms with Gasteiger partial charge in [0.2, 0.25) is 0 Å². The fraction of sp³-hybridized carbons (Fsp3) is 0.375. The molecule has 1 atom stereocenters. The smallest absolute Gasteiger partial charge is 0.143 e. The molecule has 0 saturated carbocycles. The van der Waals surface area contributed by atoms with E-state index in [1.54, 1.807) is 0 Å². The summed E-state index contributed by atoms with van der Waals surface area (Å²) in [6.07, 6.45) is 2.12. The first-order valence-electron chi connectivity index (χ1n) is 6.88. The highest BCUT2D eigenvalue weighted by atomic mass is 16.5. The second-order valence-electron chi connectivity index (χ2n) is 5.14. The summed E-state index contributed by atoms with van der Waals surface area (Å²) in [5.74, 6) is 0.991. The molecule has 3 rings (SSSR count). The number of anilines is 1. The maximum absolute atomic E-state index is 5.93. The molecule has 0 aromatic heterocycles. The molecule has 0 radical (unpaired) electrons. The minimum Gasteiger partial charge on any atom is -0.489 e. The lowest BCUT2D eigenvalue weighted by Gasteiger charge is -2.36. The zero-order chi connectivity index (χ0) is 13.2. The fourth-order valence-corrected chi connectivity index (χ4v) is 2.83. The normalized spacial score (nSPS) is 18.2. The largest absolute Gasteiger partial charge is 0.489 e. The number of likely N-dealkylation sites (N-methyl/N-ethyl adjacent to an activating group) is 1. The summed E-state index contributed by atoms with van der Waals surface area (Å²) in [5, 5.41) is 2.52. The highest BCUT2D eigenvalue weighted by Crippen LogP contribution is 2.39. The Kier molecular flexibility index (Phi) is 3.30. The molecule has 3 heteroatoms. The van der Waals surface area contributed by atoms with Gasteiger partial charge in [-0.15, -0.1) is 0 Å². The molecule has 0 spiro atoms. The van der Waals surface area contributed by atoms with Crippen molar-refractivity contribution in [3.05, 3.63) is 36.4 Å². The molecule has 2 aromatic carbocycles. The van der Waals surface area contributed by atoms with Crippen LogP contribution >= 0.6 is 0 Å². The summed E-state index contributed by atoms with van der Waals surface area (Å²) in [4.78, 5) is 2.36. The maximum atomic E-state index is 5.93. The summed E-state index contributed by atoms with van der Waals surface area (Å²) in [5.41, 5.74) is 6.83. The summed E-state index contributed by atoms with van der Waals surface area (Å²) >= 11 is 0. The molecule has 100 valence electrons. The molecule has 1 heterocycles. The van der Waals surface area contributed by atoms with Crippen molar-refractivity contribution < 1.29 is 4.74 Å². The summed E-state index contributed by atoms with van der Waals surface area (Å²) in [6.45, 7) is 1.49. The van der Waals surface area contributed by atoms with Gasteiger partial charge in [0.15, 0.2) is 0 Å². The van der Waals surface area contributed by atoms with Crippen LogP contribution in [0.4, 0.5) is 5.69 Å². The van der Waals surface area contributed by atoms with E-state index in [-0.39, 0.29) is 0 Å². The van der Waals surface area contributed by atoms with Gasteiger partial charge in [-0.1, -0.05) is 30.3 Å². The van der Waals surface area contributed by atoms with Gasteiger partial charge in [-0.05, 0) is 30.8 Å². The Morgan fingerprint density at radius 3 is 2.95 bits per heavy atom. The molecular weight excluding hydrogens is 236 g/mol. The van der Waals surface area contributed by atoms with Crippen LogP contribution in [-0.2, 0) is 0 Å². The molecule has 3 nitrogen and oxygen atoms in total. The van der Waals surface area contributed by atoms with E-state index in [0.29, 0.717) is 6.04 Å². The molecule has 2 aromatic rings. The van der Waals surface area contributed by atoms with E-state index in [1.165, 1.54) is 16.5 Å². The van der Waals surface area contributed by atoms with Gasteiger partial charge in [-0.2, -0.15) is 0 Å². The predicted molar refractivity (Wildman–Crippen MR) is 79.9 cm³/mol. The van der Waals surface area contributed by atoms with Crippen LogP contribution in [0.25, 0.3) is 10.8 Å². The molecular formula is C16H20N2O. The van der Waals surface area contributed by atoms with Crippen molar-refractivity contribution in [2.45, 2.75) is 18.9 Å². The average Bonchev–Trinajstić information content (AvgIpc) is 2.46. The van der Waals surface area contributed by atoms with Crippen molar-refractivity contribution in [3.8, 4) is 5.75 Å². The SMILES string of the molecule is CN1c2c(ccc3ccccc23)OCC1CCCN. The van der Waals surface area contributed by atoms with E-state index >= 15 is 0 Å². The topological polar surface area (TPSA) is 38.5 Å². The summed E-state index contributed by atoms with van der Waals surface area (Å²) in [6, 6.07) is 13.1. The van der Waals surface area contributed by atoms with Crippen LogP contribution < -0.4 is 15.4 Å². The van der Waals surface area contributed by atoms with Crippen LogP contribution in [-0.4, -0.2) is 26.2 Å². The minimum absolute atomic E-state index is 0.418. The lowest BCUT2D eigenvalue weighted by molar-refractivity contribution is 0.259. The van der Waals surface area contributed by atoms with Crippen molar-refractivity contribution in [2.75, 3.05) is 25.1 Å². The van der Waals surface area contributed by atoms with E-state index in [2.05, 4.69) is 48.3 Å². The van der Waals surface area contributed by atoms with Crippen molar-refractivity contribution in [3.63, 3.8) is 0 Å². The Bertz CT molecular complexity index is 582. The van der Waals surface area contributed by atoms with E-state index in [1.807, 2.05) is 0 Å². The Morgan fingerprint density at radius 1 is 1.26 bits per heavy atom. The van der Waals surface area contributed by atoms with Crippen molar-refractivity contribution in [1.29, 1.82) is 0 Å². The first-order valence-corrected chi connectivity index (χ1v) is 6.88. The van der Waals surface area contributed by atoms with Crippen molar-refractivity contribution in [1.82, 2.24) is 0 Å². The highest BCUT2D eigenvalue weighted by molar-refractivity contribution is 5.97. The van der Waals surface area contributed by atoms with Gasteiger partial charge in [-0.25, -0.2) is 0 Å². The third-order valence-corrected chi connectivity index (χ3v) is 3.94. The molecule has 0 saturated heterocycles. The molecule has 0 fully saturated rings. The van der Waals surface area contributed by atoms with Gasteiger partial charge in [0.05, 0.1) is 11.7 Å². The van der Waals surface area contributed by atoms with Crippen LogP contribution in [0.1, 0.15) is 12.8 Å². The molecule has 1 unspecified atom stereocenters. The van der Waals surface area contributed by atoms with E-state index < -0.39 is 0 Å². The predicted octanol–water partition coefficient (Wildman–Crippen LogP) is 2.78. The second-order valence-corrected chi connectivity index (χ2v) is 5.14. The lowest BCUT2D eigenvalue weighted by Crippen LogP contribution is -2.40. The van der Waals surface area contributed by atoms with Gasteiger partial charge in [0.25, 0.3) is 0 Å². The third-order valence-electron chi connectivity index (χ3n) is 3.94. The second kappa shape index (κ2) is 5.10. The Labute approximate surface area is 114 Å². The molecule has 1 aliphatic heterocycles. The van der Waals surface area contributed by atoms with Gasteiger partial charge >= 0.3 is 0 Å². The van der Waals surface area contributed by atoms with E-state index in [0.717, 1.165) is 31.7 Å². The van der Waals surface area contributed by atoms with Crippen molar-refractivity contribution in [2.24, 2.45) is 5.73 Å². The minimum atomic E-state index is 0.418. The first kappa shape index (κ1) is 12.3. The molecule has 19 heavy (non-hydrogen) atoms. The van der Waals surface area contributed by atoms with Crippen LogP contribution in [0.3, 0.4) is 0 Å². The van der Waals surface area contributed by atoms with Crippen LogP contribution in [0, 0.1) is 0 Å². The molecule has 0 bridgehead atoms. The Morgan fingerprint density at radius 2 is 2.11 bits per heavy atom. The highest BCUT2D eigenvalue weighted by Gasteiger charge is 2.25. The zero-order valence-electron chi connectivity index (χ0n) is 11.3. The number of benzene rings is 2. The number of ether oxygens (including phenoxy) is 1. The standard InChI is InChI=1S/C16H20N2O/c1-18-13(6-4-10-17)11-19-15-9-8-12-5-2-3-7-14(12)16(15)18/h2-3,5,7-9,13H,4,6,10-11,17H2,1H3. The molecule has 2 N–H and O–H groups in total. The number of hydrogen-bond donors (Lipinski definition) is 1. The number of nitrogens with two attached hydrogens (primary N) is 1. The van der Waals surface area contributed by atoms with Gasteiger partial charge in [0.1, 0.15) is 12.4 Å². The van der Waals surface area contributed by atoms with Gasteiger partial charge in [-0.3, -0.25) is 0 Å². The summed E-state index contributed by atoms with van der Waals surface area (Å²) in [7, 11) is 2.16. The number of nitrogens with zero attached hydrogens (tertiary/aromatic N) is 1. The van der Waals surface area contributed by atoms with Gasteiger partial charge in [0, 0.05) is 12.4 Å². The van der Waals surface area contributed by atoms with Crippen LogP contribution in [0.5, 0.6) is 5.75 Å². The number of fused-ring (bicyclic) bond motifs is 3. The average molecular weight is 256 g/mol. The third kappa shape index (κ3) is 2.15. The van der Waals surface area contributed by atoms with E-state index in [4.69, 9.17) is 10.5 Å². The monoisotopic (exact) mass is 256 g/mol. The van der Waals surface area contributed by atoms with Gasteiger partial charge < -0.3 is 15.4 Å². The molecule has 0 amide bonds. The molecule has 1 aliphatic rings. The Hall–Kier alpha value is -1.74. The number of hydrogen-bond acceptors (Lipinski definition) is 3. The quantitative estimate of drug-likeness (QED) is 0.917. The van der Waals surface area contributed by atoms with Crippen molar-refractivity contribution >= 4 is 16.5 Å². The van der Waals surface area contributed by atoms with Crippen LogP contribution in [0.2, 0.25) is 0 Å².